The van der Waals surface area contributed by atoms with Gasteiger partial charge in [-0.25, -0.2) is 0 Å². The molecule has 0 bridgehead atoms. The van der Waals surface area contributed by atoms with Crippen LogP contribution in [0.3, 0.4) is 0 Å². The molecule has 0 spiro atoms. The van der Waals surface area contributed by atoms with Crippen molar-refractivity contribution in [1.29, 1.82) is 0 Å². The lowest BCUT2D eigenvalue weighted by atomic mass is 9.83. The maximum Gasteiger partial charge on any atom is 0.573 e. The first kappa shape index (κ1) is 20.0. The van der Waals surface area contributed by atoms with Crippen LogP contribution in [-0.2, 0) is 19.7 Å². The van der Waals surface area contributed by atoms with Crippen molar-refractivity contribution in [3.63, 3.8) is 0 Å². The third-order valence-corrected chi connectivity index (χ3v) is 4.17. The summed E-state index contributed by atoms with van der Waals surface area (Å²) in [5.74, 6) is -1.62. The van der Waals surface area contributed by atoms with E-state index >= 15 is 0 Å². The first-order valence-corrected chi connectivity index (χ1v) is 7.98. The minimum absolute atomic E-state index is 0.157. The molecule has 0 radical (unpaired) electrons. The number of aliphatic carboxylic acids is 1. The molecule has 1 saturated heterocycles. The molecule has 9 heteroatoms. The molecule has 0 aliphatic carbocycles. The number of carbonyl (C=O) groups excluding carboxylic acids is 1. The molecule has 0 saturated carbocycles. The zero-order valence-corrected chi connectivity index (χ0v) is 14.4. The number of morpholine rings is 1. The van der Waals surface area contributed by atoms with E-state index in [1.54, 1.807) is 13.8 Å². The Labute approximate surface area is 148 Å². The van der Waals surface area contributed by atoms with E-state index in [0.717, 1.165) is 12.1 Å². The zero-order valence-electron chi connectivity index (χ0n) is 14.4. The van der Waals surface area contributed by atoms with Gasteiger partial charge >= 0.3 is 12.3 Å². The highest BCUT2D eigenvalue weighted by Crippen LogP contribution is 2.30. The van der Waals surface area contributed by atoms with Crippen LogP contribution in [0.1, 0.15) is 25.8 Å². The van der Waals surface area contributed by atoms with E-state index in [1.165, 1.54) is 17.0 Å². The number of carboxylic acid groups (broad SMARTS) is 1. The van der Waals surface area contributed by atoms with Crippen LogP contribution < -0.4 is 4.74 Å². The summed E-state index contributed by atoms with van der Waals surface area (Å²) < 4.78 is 45.9. The molecular formula is C17H20F3NO5. The zero-order chi connectivity index (χ0) is 19.5. The Morgan fingerprint density at radius 1 is 1.27 bits per heavy atom. The number of carboxylic acids is 1. The number of ether oxygens (including phenoxy) is 2. The maximum absolute atomic E-state index is 12.9. The third kappa shape index (κ3) is 5.10. The van der Waals surface area contributed by atoms with Crippen molar-refractivity contribution in [3.8, 4) is 5.75 Å². The Morgan fingerprint density at radius 2 is 1.88 bits per heavy atom. The molecule has 26 heavy (non-hydrogen) atoms. The van der Waals surface area contributed by atoms with Crippen LogP contribution in [0, 0.1) is 0 Å². The van der Waals surface area contributed by atoms with Crippen LogP contribution in [-0.4, -0.2) is 54.0 Å². The smallest absolute Gasteiger partial charge is 0.481 e. The van der Waals surface area contributed by atoms with Crippen molar-refractivity contribution in [2.24, 2.45) is 0 Å². The van der Waals surface area contributed by atoms with E-state index in [-0.39, 0.29) is 31.2 Å². The summed E-state index contributed by atoms with van der Waals surface area (Å²) >= 11 is 0. The van der Waals surface area contributed by atoms with Gasteiger partial charge in [0, 0.05) is 13.1 Å². The van der Waals surface area contributed by atoms with Gasteiger partial charge < -0.3 is 19.5 Å². The molecule has 144 valence electrons. The molecule has 0 aromatic heterocycles. The second-order valence-electron chi connectivity index (χ2n) is 6.54. The molecule has 1 aromatic carbocycles. The first-order valence-electron chi connectivity index (χ1n) is 7.98. The van der Waals surface area contributed by atoms with Crippen LogP contribution >= 0.6 is 0 Å². The lowest BCUT2D eigenvalue weighted by Gasteiger charge is -2.37. The molecule has 1 atom stereocenters. The highest BCUT2D eigenvalue weighted by Gasteiger charge is 2.37. The van der Waals surface area contributed by atoms with Crippen LogP contribution in [0.25, 0.3) is 0 Å². The Morgan fingerprint density at radius 3 is 2.42 bits per heavy atom. The van der Waals surface area contributed by atoms with Gasteiger partial charge in [0.15, 0.2) is 0 Å². The Hall–Kier alpha value is -2.29. The minimum atomic E-state index is -4.78. The van der Waals surface area contributed by atoms with Crippen molar-refractivity contribution in [3.05, 3.63) is 29.8 Å². The van der Waals surface area contributed by atoms with E-state index in [2.05, 4.69) is 4.74 Å². The number of amides is 1. The fraction of sp³-hybridized carbons (Fsp3) is 0.529. The lowest BCUT2D eigenvalue weighted by molar-refractivity contribution is -0.274. The van der Waals surface area contributed by atoms with Gasteiger partial charge in [0.2, 0.25) is 5.91 Å². The second-order valence-corrected chi connectivity index (χ2v) is 6.54. The summed E-state index contributed by atoms with van der Waals surface area (Å²) in [4.78, 5) is 25.2. The van der Waals surface area contributed by atoms with Gasteiger partial charge in [-0.3, -0.25) is 9.59 Å². The highest BCUT2D eigenvalue weighted by atomic mass is 19.4. The number of halogens is 3. The molecule has 1 unspecified atom stereocenters. The second kappa shape index (κ2) is 7.53. The minimum Gasteiger partial charge on any atom is -0.481 e. The van der Waals surface area contributed by atoms with Gasteiger partial charge in [0.05, 0.1) is 24.5 Å². The molecule has 1 heterocycles. The fourth-order valence-electron chi connectivity index (χ4n) is 2.81. The summed E-state index contributed by atoms with van der Waals surface area (Å²) in [6.45, 7) is 4.04. The van der Waals surface area contributed by atoms with Crippen LogP contribution in [0.5, 0.6) is 5.75 Å². The fourth-order valence-corrected chi connectivity index (χ4v) is 2.81. The van der Waals surface area contributed by atoms with Crippen LogP contribution in [0.4, 0.5) is 13.2 Å². The molecule has 1 aliphatic rings. The van der Waals surface area contributed by atoms with E-state index < -0.39 is 23.9 Å². The average molecular weight is 375 g/mol. The number of alkyl halides is 3. The van der Waals surface area contributed by atoms with Crippen molar-refractivity contribution in [1.82, 2.24) is 4.90 Å². The Bertz CT molecular complexity index is 657. The average Bonchev–Trinajstić information content (AvgIpc) is 2.52. The molecule has 1 aromatic rings. The molecule has 1 amide bonds. The molecule has 1 aliphatic heterocycles. The normalized spacial score (nSPS) is 18.5. The number of hydrogen-bond acceptors (Lipinski definition) is 4. The molecule has 6 nitrogen and oxygen atoms in total. The van der Waals surface area contributed by atoms with Crippen molar-refractivity contribution < 1.29 is 37.3 Å². The monoisotopic (exact) mass is 375 g/mol. The predicted molar refractivity (Wildman–Crippen MR) is 84.7 cm³/mol. The van der Waals surface area contributed by atoms with Gasteiger partial charge in [-0.05, 0) is 31.5 Å². The van der Waals surface area contributed by atoms with Crippen molar-refractivity contribution >= 4 is 11.9 Å². The van der Waals surface area contributed by atoms with Crippen LogP contribution in [0.15, 0.2) is 24.3 Å². The highest BCUT2D eigenvalue weighted by molar-refractivity contribution is 5.87. The Kier molecular flexibility index (Phi) is 5.80. The quantitative estimate of drug-likeness (QED) is 0.856. The van der Waals surface area contributed by atoms with E-state index in [1.807, 2.05) is 0 Å². The summed E-state index contributed by atoms with van der Waals surface area (Å²) in [5.41, 5.74) is -0.472. The molecular weight excluding hydrogens is 355 g/mol. The SMILES string of the molecule is CC(C)(C(=O)N1CCOC(CC(=O)O)C1)c1ccc(OC(F)(F)F)cc1. The molecule has 1 fully saturated rings. The van der Waals surface area contributed by atoms with Crippen molar-refractivity contribution in [2.75, 3.05) is 19.7 Å². The van der Waals surface area contributed by atoms with E-state index in [9.17, 15) is 22.8 Å². The first-order chi connectivity index (χ1) is 12.0. The number of rotatable bonds is 5. The van der Waals surface area contributed by atoms with Gasteiger partial charge in [-0.2, -0.15) is 0 Å². The van der Waals surface area contributed by atoms with Crippen LogP contribution in [0.2, 0.25) is 0 Å². The summed E-state index contributed by atoms with van der Waals surface area (Å²) in [6.07, 6.45) is -5.56. The van der Waals surface area contributed by atoms with Gasteiger partial charge in [-0.1, -0.05) is 12.1 Å². The number of nitrogens with zero attached hydrogens (tertiary/aromatic N) is 1. The van der Waals surface area contributed by atoms with Gasteiger partial charge in [0.1, 0.15) is 5.75 Å². The van der Waals surface area contributed by atoms with E-state index in [0.29, 0.717) is 12.1 Å². The number of carbonyl (C=O) groups is 2. The third-order valence-electron chi connectivity index (χ3n) is 4.17. The molecule has 2 rings (SSSR count). The standard InChI is InChI=1S/C17H20F3NO5/c1-16(2,11-3-5-12(6-4-11)26-17(18,19)20)15(24)21-7-8-25-13(10-21)9-14(22)23/h3-6,13H,7-10H2,1-2H3,(H,22,23). The predicted octanol–water partition coefficient (Wildman–Crippen LogP) is 2.56. The Balaban J connectivity index is 2.10. The van der Waals surface area contributed by atoms with Gasteiger partial charge in [0.25, 0.3) is 0 Å². The topological polar surface area (TPSA) is 76.1 Å². The van der Waals surface area contributed by atoms with Crippen molar-refractivity contribution in [2.45, 2.75) is 38.1 Å². The van der Waals surface area contributed by atoms with E-state index in [4.69, 9.17) is 9.84 Å². The summed E-state index contributed by atoms with van der Waals surface area (Å²) in [7, 11) is 0. The largest absolute Gasteiger partial charge is 0.573 e. The maximum atomic E-state index is 12.9. The number of hydrogen-bond donors (Lipinski definition) is 1. The lowest BCUT2D eigenvalue weighted by Crippen LogP contribution is -2.51. The van der Waals surface area contributed by atoms with Gasteiger partial charge in [-0.15, -0.1) is 13.2 Å². The molecule has 1 N–H and O–H groups in total. The summed E-state index contributed by atoms with van der Waals surface area (Å²) in [5, 5.41) is 8.86. The number of benzene rings is 1. The summed E-state index contributed by atoms with van der Waals surface area (Å²) in [6, 6.07) is 5.14.